The number of carboxylic acid groups (broad SMARTS) is 1. The molecule has 196 valence electrons. The number of carboxylic acids is 1. The standard InChI is InChI=1S/C27H22N6O6/c1-14-9-15(2)26(37)22(10-14)33-32-21-12-20(24(35)13-25(21)36)31-29-17-5-3-16(4-6-17)28-30-18-7-8-23(34)19(11-18)27(38)39/h3-13,34-37H,1-2H3,(H,38,39). The van der Waals surface area contributed by atoms with Gasteiger partial charge in [-0.15, -0.1) is 15.3 Å². The molecule has 0 atom stereocenters. The normalized spacial score (nSPS) is 11.6. The second-order valence-corrected chi connectivity index (χ2v) is 8.40. The lowest BCUT2D eigenvalue weighted by Crippen LogP contribution is -1.95. The van der Waals surface area contributed by atoms with E-state index in [4.69, 9.17) is 5.11 Å². The van der Waals surface area contributed by atoms with Gasteiger partial charge in [-0.2, -0.15) is 15.3 Å². The predicted molar refractivity (Wildman–Crippen MR) is 141 cm³/mol. The number of carbonyl (C=O) groups is 1. The summed E-state index contributed by atoms with van der Waals surface area (Å²) in [6.07, 6.45) is 0. The van der Waals surface area contributed by atoms with Gasteiger partial charge in [0.05, 0.1) is 17.1 Å². The fourth-order valence-corrected chi connectivity index (χ4v) is 3.41. The Morgan fingerprint density at radius 1 is 0.564 bits per heavy atom. The molecule has 0 saturated carbocycles. The monoisotopic (exact) mass is 526 g/mol. The number of phenols is 4. The fraction of sp³-hybridized carbons (Fsp3) is 0.0741. The quantitative estimate of drug-likeness (QED) is 0.151. The van der Waals surface area contributed by atoms with Gasteiger partial charge in [-0.1, -0.05) is 6.07 Å². The number of nitrogens with zero attached hydrogens (tertiary/aromatic N) is 6. The molecule has 0 aromatic heterocycles. The van der Waals surface area contributed by atoms with Crippen molar-refractivity contribution in [2.45, 2.75) is 13.8 Å². The number of rotatable bonds is 7. The van der Waals surface area contributed by atoms with Crippen LogP contribution in [0.2, 0.25) is 0 Å². The molecule has 5 N–H and O–H groups in total. The molecular formula is C27H22N6O6. The van der Waals surface area contributed by atoms with Crippen LogP contribution in [-0.2, 0) is 0 Å². The number of hydrogen-bond acceptors (Lipinski definition) is 11. The first-order valence-corrected chi connectivity index (χ1v) is 11.4. The van der Waals surface area contributed by atoms with Crippen LogP contribution in [0.25, 0.3) is 0 Å². The van der Waals surface area contributed by atoms with Crippen LogP contribution in [0.5, 0.6) is 23.0 Å². The summed E-state index contributed by atoms with van der Waals surface area (Å²) in [6, 6.07) is 16.0. The fourth-order valence-electron chi connectivity index (χ4n) is 3.41. The molecule has 0 spiro atoms. The van der Waals surface area contributed by atoms with Crippen LogP contribution < -0.4 is 0 Å². The third-order valence-electron chi connectivity index (χ3n) is 5.38. The van der Waals surface area contributed by atoms with E-state index >= 15 is 0 Å². The maximum absolute atomic E-state index is 11.1. The van der Waals surface area contributed by atoms with Crippen molar-refractivity contribution in [1.29, 1.82) is 0 Å². The van der Waals surface area contributed by atoms with Gasteiger partial charge < -0.3 is 25.5 Å². The summed E-state index contributed by atoms with van der Waals surface area (Å²) in [5.74, 6) is -2.34. The number of hydrogen-bond donors (Lipinski definition) is 5. The third-order valence-corrected chi connectivity index (χ3v) is 5.38. The highest BCUT2D eigenvalue weighted by Crippen LogP contribution is 2.41. The smallest absolute Gasteiger partial charge is 0.339 e. The van der Waals surface area contributed by atoms with Crippen LogP contribution in [-0.4, -0.2) is 31.5 Å². The molecule has 12 heteroatoms. The van der Waals surface area contributed by atoms with Crippen molar-refractivity contribution in [1.82, 2.24) is 0 Å². The summed E-state index contributed by atoms with van der Waals surface area (Å²) in [5, 5.41) is 73.3. The van der Waals surface area contributed by atoms with E-state index in [9.17, 15) is 25.2 Å². The van der Waals surface area contributed by atoms with E-state index in [0.29, 0.717) is 16.9 Å². The van der Waals surface area contributed by atoms with Gasteiger partial charge in [-0.3, -0.25) is 0 Å². The van der Waals surface area contributed by atoms with Gasteiger partial charge in [0.15, 0.2) is 0 Å². The highest BCUT2D eigenvalue weighted by molar-refractivity contribution is 5.91. The predicted octanol–water partition coefficient (Wildman–Crippen LogP) is 8.07. The Bertz CT molecular complexity index is 1650. The number of benzene rings is 4. The van der Waals surface area contributed by atoms with E-state index in [0.717, 1.165) is 11.6 Å². The SMILES string of the molecule is Cc1cc(C)c(O)c(N=Nc2cc(N=Nc3ccc(N=Nc4ccc(O)c(C(=O)O)c4)cc3)c(O)cc2O)c1. The van der Waals surface area contributed by atoms with E-state index in [1.165, 1.54) is 24.3 Å². The summed E-state index contributed by atoms with van der Waals surface area (Å²) in [4.78, 5) is 11.1. The van der Waals surface area contributed by atoms with E-state index < -0.39 is 5.97 Å². The first kappa shape index (κ1) is 26.4. The van der Waals surface area contributed by atoms with Crippen molar-refractivity contribution >= 4 is 40.1 Å². The topological polar surface area (TPSA) is 192 Å². The van der Waals surface area contributed by atoms with Crippen molar-refractivity contribution < 1.29 is 30.3 Å². The molecule has 0 heterocycles. The van der Waals surface area contributed by atoms with Crippen molar-refractivity contribution in [3.8, 4) is 23.0 Å². The molecular weight excluding hydrogens is 504 g/mol. The highest BCUT2D eigenvalue weighted by atomic mass is 16.4. The summed E-state index contributed by atoms with van der Waals surface area (Å²) in [5.41, 5.74) is 2.61. The van der Waals surface area contributed by atoms with Gasteiger partial charge in [-0.25, -0.2) is 4.79 Å². The van der Waals surface area contributed by atoms with Crippen molar-refractivity contribution in [3.05, 3.63) is 83.4 Å². The zero-order valence-electron chi connectivity index (χ0n) is 20.7. The first-order valence-electron chi connectivity index (χ1n) is 11.4. The lowest BCUT2D eigenvalue weighted by atomic mass is 10.1. The van der Waals surface area contributed by atoms with Crippen LogP contribution in [0, 0.1) is 13.8 Å². The zero-order chi connectivity index (χ0) is 28.1. The number of aryl methyl sites for hydroxylation is 2. The van der Waals surface area contributed by atoms with E-state index in [-0.39, 0.29) is 51.3 Å². The Morgan fingerprint density at radius 2 is 1.08 bits per heavy atom. The van der Waals surface area contributed by atoms with Gasteiger partial charge in [0.1, 0.15) is 45.6 Å². The van der Waals surface area contributed by atoms with Crippen molar-refractivity contribution in [2.24, 2.45) is 30.7 Å². The Morgan fingerprint density at radius 3 is 1.69 bits per heavy atom. The van der Waals surface area contributed by atoms with Gasteiger partial charge in [0.2, 0.25) is 0 Å². The van der Waals surface area contributed by atoms with Crippen molar-refractivity contribution in [3.63, 3.8) is 0 Å². The largest absolute Gasteiger partial charge is 0.507 e. The Balaban J connectivity index is 1.50. The molecule has 0 saturated heterocycles. The first-order chi connectivity index (χ1) is 18.6. The molecule has 4 rings (SSSR count). The van der Waals surface area contributed by atoms with Crippen LogP contribution >= 0.6 is 0 Å². The molecule has 0 unspecified atom stereocenters. The number of phenolic OH excluding ortho intramolecular Hbond substituents is 3. The maximum Gasteiger partial charge on any atom is 0.339 e. The summed E-state index contributed by atoms with van der Waals surface area (Å²) >= 11 is 0. The van der Waals surface area contributed by atoms with Gasteiger partial charge in [0.25, 0.3) is 0 Å². The minimum atomic E-state index is -1.28. The Labute approximate surface area is 221 Å². The molecule has 39 heavy (non-hydrogen) atoms. The zero-order valence-corrected chi connectivity index (χ0v) is 20.7. The molecule has 0 aliphatic rings. The maximum atomic E-state index is 11.1. The minimum absolute atomic E-state index is 0.0105. The van der Waals surface area contributed by atoms with Gasteiger partial charge in [0, 0.05) is 12.1 Å². The Kier molecular flexibility index (Phi) is 7.57. The molecule has 0 fully saturated rings. The van der Waals surface area contributed by atoms with E-state index in [1.54, 1.807) is 43.3 Å². The van der Waals surface area contributed by atoms with Crippen molar-refractivity contribution in [2.75, 3.05) is 0 Å². The molecule has 0 radical (unpaired) electrons. The molecule has 0 aliphatic heterocycles. The molecule has 4 aromatic carbocycles. The van der Waals surface area contributed by atoms with Crippen LogP contribution in [0.4, 0.5) is 34.1 Å². The number of aromatic hydroxyl groups is 4. The molecule has 0 bridgehead atoms. The lowest BCUT2D eigenvalue weighted by molar-refractivity contribution is 0.0693. The highest BCUT2D eigenvalue weighted by Gasteiger charge is 2.11. The number of aromatic carboxylic acids is 1. The van der Waals surface area contributed by atoms with Crippen LogP contribution in [0.1, 0.15) is 21.5 Å². The van der Waals surface area contributed by atoms with Gasteiger partial charge >= 0.3 is 5.97 Å². The van der Waals surface area contributed by atoms with Crippen LogP contribution in [0.3, 0.4) is 0 Å². The minimum Gasteiger partial charge on any atom is -0.507 e. The summed E-state index contributed by atoms with van der Waals surface area (Å²) in [7, 11) is 0. The van der Waals surface area contributed by atoms with Gasteiger partial charge in [-0.05, 0) is 73.5 Å². The molecule has 12 nitrogen and oxygen atoms in total. The second-order valence-electron chi connectivity index (χ2n) is 8.40. The Hall–Kier alpha value is -5.65. The third kappa shape index (κ3) is 6.38. The van der Waals surface area contributed by atoms with E-state index in [1.807, 2.05) is 6.92 Å². The molecule has 0 amide bonds. The lowest BCUT2D eigenvalue weighted by Gasteiger charge is -2.05. The average Bonchev–Trinajstić information content (AvgIpc) is 2.90. The number of azo groups is 3. The summed E-state index contributed by atoms with van der Waals surface area (Å²) < 4.78 is 0. The second kappa shape index (κ2) is 11.2. The molecule has 4 aromatic rings. The van der Waals surface area contributed by atoms with E-state index in [2.05, 4.69) is 30.7 Å². The average molecular weight is 527 g/mol. The summed E-state index contributed by atoms with van der Waals surface area (Å²) in [6.45, 7) is 3.59. The molecule has 0 aliphatic carbocycles. The van der Waals surface area contributed by atoms with Crippen LogP contribution in [0.15, 0.2) is 97.4 Å².